The molecule has 1 aromatic heterocycles. The molecule has 0 bridgehead atoms. The molecular formula is C23H18ClN3O2S2. The number of rotatable bonds is 5. The van der Waals surface area contributed by atoms with Crippen LogP contribution in [0.1, 0.15) is 17.3 Å². The van der Waals surface area contributed by atoms with Gasteiger partial charge < -0.3 is 10.1 Å². The maximum Gasteiger partial charge on any atom is 0.257 e. The Bertz CT molecular complexity index is 1240. The third-order valence-corrected chi connectivity index (χ3v) is 5.97. The van der Waals surface area contributed by atoms with Crippen LogP contribution in [0.3, 0.4) is 0 Å². The summed E-state index contributed by atoms with van der Waals surface area (Å²) in [5.74, 6) is 0.179. The Morgan fingerprint density at radius 1 is 1.13 bits per heavy atom. The molecule has 0 saturated heterocycles. The number of thiocarbonyl (C=S) groups is 1. The van der Waals surface area contributed by atoms with Crippen molar-refractivity contribution in [2.45, 2.75) is 6.92 Å². The number of anilines is 1. The lowest BCUT2D eigenvalue weighted by atomic mass is 10.2. The fraction of sp³-hybridized carbons (Fsp3) is 0.0870. The van der Waals surface area contributed by atoms with Gasteiger partial charge in [-0.25, -0.2) is 4.98 Å². The first kappa shape index (κ1) is 21.2. The molecule has 0 aliphatic carbocycles. The summed E-state index contributed by atoms with van der Waals surface area (Å²) in [6.07, 6.45) is 0. The van der Waals surface area contributed by atoms with Crippen molar-refractivity contribution in [1.29, 1.82) is 0 Å². The van der Waals surface area contributed by atoms with Crippen molar-refractivity contribution in [3.63, 3.8) is 0 Å². The first-order valence-electron chi connectivity index (χ1n) is 9.54. The molecule has 0 saturated carbocycles. The second kappa shape index (κ2) is 9.43. The normalized spacial score (nSPS) is 10.6. The molecule has 1 heterocycles. The molecule has 0 radical (unpaired) electrons. The summed E-state index contributed by atoms with van der Waals surface area (Å²) in [6.45, 7) is 2.36. The van der Waals surface area contributed by atoms with Crippen LogP contribution in [0.15, 0.2) is 66.7 Å². The molecular weight excluding hydrogens is 450 g/mol. The van der Waals surface area contributed by atoms with Gasteiger partial charge in [0.15, 0.2) is 5.11 Å². The number of hydrogen-bond donors (Lipinski definition) is 2. The summed E-state index contributed by atoms with van der Waals surface area (Å²) >= 11 is 13.1. The van der Waals surface area contributed by atoms with Gasteiger partial charge in [-0.05, 0) is 61.6 Å². The molecule has 5 nitrogen and oxygen atoms in total. The summed E-state index contributed by atoms with van der Waals surface area (Å²) in [5, 5.41) is 7.21. The third-order valence-electron chi connectivity index (χ3n) is 4.38. The highest BCUT2D eigenvalue weighted by Gasteiger charge is 2.12. The van der Waals surface area contributed by atoms with E-state index in [-0.39, 0.29) is 11.0 Å². The van der Waals surface area contributed by atoms with Gasteiger partial charge in [0.25, 0.3) is 5.91 Å². The number of thiazole rings is 1. The highest BCUT2D eigenvalue weighted by molar-refractivity contribution is 7.80. The third kappa shape index (κ3) is 5.02. The van der Waals surface area contributed by atoms with Crippen LogP contribution < -0.4 is 15.4 Å². The minimum atomic E-state index is -0.357. The summed E-state index contributed by atoms with van der Waals surface area (Å²) in [4.78, 5) is 17.2. The lowest BCUT2D eigenvalue weighted by Gasteiger charge is -2.11. The molecule has 0 aliphatic rings. The Morgan fingerprint density at radius 3 is 2.74 bits per heavy atom. The van der Waals surface area contributed by atoms with Gasteiger partial charge in [-0.3, -0.25) is 10.1 Å². The molecule has 8 heteroatoms. The van der Waals surface area contributed by atoms with Crippen LogP contribution in [0.5, 0.6) is 5.75 Å². The van der Waals surface area contributed by atoms with Crippen LogP contribution in [0.4, 0.5) is 5.69 Å². The maximum absolute atomic E-state index is 12.5. The van der Waals surface area contributed by atoms with Gasteiger partial charge >= 0.3 is 0 Å². The summed E-state index contributed by atoms with van der Waals surface area (Å²) in [7, 11) is 0. The SMILES string of the molecule is CCOc1ccc(C(=O)NC(=S)Nc2cccc(-c3nc4ccccc4s3)c2)cc1Cl. The topological polar surface area (TPSA) is 63.2 Å². The van der Waals surface area contributed by atoms with E-state index in [1.54, 1.807) is 29.5 Å². The van der Waals surface area contributed by atoms with E-state index in [1.807, 2.05) is 49.4 Å². The number of hydrogen-bond acceptors (Lipinski definition) is 5. The van der Waals surface area contributed by atoms with Crippen molar-refractivity contribution in [2.75, 3.05) is 11.9 Å². The molecule has 0 fully saturated rings. The second-order valence-corrected chi connectivity index (χ2v) is 8.40. The molecule has 1 amide bonds. The summed E-state index contributed by atoms with van der Waals surface area (Å²) in [6, 6.07) is 20.6. The van der Waals surface area contributed by atoms with E-state index in [2.05, 4.69) is 21.7 Å². The number of para-hydroxylation sites is 1. The quantitative estimate of drug-likeness (QED) is 0.345. The second-order valence-electron chi connectivity index (χ2n) is 6.55. The molecule has 0 spiro atoms. The Balaban J connectivity index is 1.44. The number of carbonyl (C=O) groups excluding carboxylic acids is 1. The monoisotopic (exact) mass is 467 g/mol. The van der Waals surface area contributed by atoms with Crippen molar-refractivity contribution in [2.24, 2.45) is 0 Å². The largest absolute Gasteiger partial charge is 0.492 e. The van der Waals surface area contributed by atoms with Crippen LogP contribution in [-0.4, -0.2) is 22.6 Å². The van der Waals surface area contributed by atoms with Gasteiger partial charge in [0.1, 0.15) is 10.8 Å². The van der Waals surface area contributed by atoms with Crippen LogP contribution >= 0.6 is 35.2 Å². The number of ether oxygens (including phenoxy) is 1. The van der Waals surface area contributed by atoms with Crippen molar-refractivity contribution < 1.29 is 9.53 Å². The molecule has 2 N–H and O–H groups in total. The van der Waals surface area contributed by atoms with E-state index in [4.69, 9.17) is 28.6 Å². The van der Waals surface area contributed by atoms with Crippen LogP contribution in [0.25, 0.3) is 20.8 Å². The number of nitrogens with zero attached hydrogens (tertiary/aromatic N) is 1. The van der Waals surface area contributed by atoms with E-state index in [0.29, 0.717) is 22.9 Å². The van der Waals surface area contributed by atoms with Crippen molar-refractivity contribution in [3.05, 3.63) is 77.3 Å². The number of benzene rings is 3. The van der Waals surface area contributed by atoms with Gasteiger partial charge in [-0.15, -0.1) is 11.3 Å². The molecule has 3 aromatic carbocycles. The van der Waals surface area contributed by atoms with Gasteiger partial charge in [0.2, 0.25) is 0 Å². The van der Waals surface area contributed by atoms with Gasteiger partial charge in [-0.2, -0.15) is 0 Å². The zero-order chi connectivity index (χ0) is 21.8. The fourth-order valence-corrected chi connectivity index (χ4v) is 4.39. The molecule has 0 aliphatic heterocycles. The van der Waals surface area contributed by atoms with Crippen LogP contribution in [-0.2, 0) is 0 Å². The van der Waals surface area contributed by atoms with E-state index in [0.717, 1.165) is 26.5 Å². The highest BCUT2D eigenvalue weighted by Crippen LogP contribution is 2.31. The Kier molecular flexibility index (Phi) is 6.46. The molecule has 31 heavy (non-hydrogen) atoms. The van der Waals surface area contributed by atoms with Gasteiger partial charge in [-0.1, -0.05) is 35.9 Å². The predicted molar refractivity (Wildman–Crippen MR) is 131 cm³/mol. The Morgan fingerprint density at radius 2 is 1.97 bits per heavy atom. The molecule has 0 unspecified atom stereocenters. The molecule has 156 valence electrons. The molecule has 0 atom stereocenters. The number of aromatic nitrogens is 1. The van der Waals surface area contributed by atoms with Crippen molar-refractivity contribution in [3.8, 4) is 16.3 Å². The van der Waals surface area contributed by atoms with Crippen LogP contribution in [0.2, 0.25) is 5.02 Å². The Hall–Kier alpha value is -3.00. The average Bonchev–Trinajstić information content (AvgIpc) is 3.20. The van der Waals surface area contributed by atoms with E-state index < -0.39 is 0 Å². The lowest BCUT2D eigenvalue weighted by molar-refractivity contribution is 0.0977. The number of fused-ring (bicyclic) bond motifs is 1. The van der Waals surface area contributed by atoms with Gasteiger partial charge in [0.05, 0.1) is 21.8 Å². The van der Waals surface area contributed by atoms with E-state index in [9.17, 15) is 4.79 Å². The standard InChI is InChI=1S/C23H18ClN3O2S2/c1-2-29-19-11-10-14(13-17(19)24)21(28)27-23(30)25-16-7-5-6-15(12-16)22-26-18-8-3-4-9-20(18)31-22/h3-13H,2H2,1H3,(H2,25,27,28,30). The Labute approximate surface area is 194 Å². The van der Waals surface area contributed by atoms with Crippen molar-refractivity contribution >= 4 is 62.1 Å². The highest BCUT2D eigenvalue weighted by atomic mass is 35.5. The zero-order valence-corrected chi connectivity index (χ0v) is 18.9. The first-order chi connectivity index (χ1) is 15.0. The van der Waals surface area contributed by atoms with Crippen LogP contribution in [0, 0.1) is 0 Å². The summed E-state index contributed by atoms with van der Waals surface area (Å²) in [5.41, 5.74) is 3.09. The predicted octanol–water partition coefficient (Wildman–Crippen LogP) is 6.14. The molecule has 4 aromatic rings. The number of amides is 1. The van der Waals surface area contributed by atoms with E-state index >= 15 is 0 Å². The smallest absolute Gasteiger partial charge is 0.257 e. The minimum absolute atomic E-state index is 0.191. The lowest BCUT2D eigenvalue weighted by Crippen LogP contribution is -2.34. The summed E-state index contributed by atoms with van der Waals surface area (Å²) < 4.78 is 6.52. The zero-order valence-electron chi connectivity index (χ0n) is 16.5. The van der Waals surface area contributed by atoms with Crippen molar-refractivity contribution in [1.82, 2.24) is 10.3 Å². The average molecular weight is 468 g/mol. The first-order valence-corrected chi connectivity index (χ1v) is 11.1. The maximum atomic E-state index is 12.5. The minimum Gasteiger partial charge on any atom is -0.492 e. The van der Waals surface area contributed by atoms with Gasteiger partial charge in [0, 0.05) is 16.8 Å². The number of carbonyl (C=O) groups is 1. The number of nitrogens with one attached hydrogen (secondary N) is 2. The van der Waals surface area contributed by atoms with E-state index in [1.165, 1.54) is 0 Å². The fourth-order valence-electron chi connectivity index (χ4n) is 2.98. The number of halogens is 1. The molecule has 4 rings (SSSR count).